The summed E-state index contributed by atoms with van der Waals surface area (Å²) in [5.41, 5.74) is 0.222. The molecule has 0 aliphatic heterocycles. The lowest BCUT2D eigenvalue weighted by Gasteiger charge is -2.21. The highest BCUT2D eigenvalue weighted by molar-refractivity contribution is 5.90. The summed E-state index contributed by atoms with van der Waals surface area (Å²) in [5, 5.41) is 12.4. The molecule has 0 bridgehead atoms. The first-order valence-electron chi connectivity index (χ1n) is 7.43. The maximum Gasteiger partial charge on any atom is 0.339 e. The van der Waals surface area contributed by atoms with Gasteiger partial charge in [0.1, 0.15) is 17.9 Å². The summed E-state index contributed by atoms with van der Waals surface area (Å²) in [5.74, 6) is 0.297. The molecule has 0 aromatic heterocycles. The Bertz CT molecular complexity index is 427. The van der Waals surface area contributed by atoms with Gasteiger partial charge in [0.25, 0.3) is 0 Å². The molecule has 1 aliphatic carbocycles. The molecule has 20 heavy (non-hydrogen) atoms. The third-order valence-corrected chi connectivity index (χ3v) is 3.81. The average Bonchev–Trinajstić information content (AvgIpc) is 2.48. The van der Waals surface area contributed by atoms with Gasteiger partial charge in [0.05, 0.1) is 0 Å². The van der Waals surface area contributed by atoms with Crippen molar-refractivity contribution in [2.75, 3.05) is 19.7 Å². The number of carboxylic acid groups (broad SMARTS) is 1. The van der Waals surface area contributed by atoms with Gasteiger partial charge >= 0.3 is 5.97 Å². The minimum Gasteiger partial charge on any atom is -0.491 e. The lowest BCUT2D eigenvalue weighted by Crippen LogP contribution is -2.28. The first-order valence-corrected chi connectivity index (χ1v) is 7.43. The Balaban J connectivity index is 1.67. The zero-order valence-electron chi connectivity index (χ0n) is 11.8. The van der Waals surface area contributed by atoms with E-state index >= 15 is 0 Å². The van der Waals surface area contributed by atoms with Crippen LogP contribution in [0.1, 0.15) is 42.5 Å². The van der Waals surface area contributed by atoms with Crippen molar-refractivity contribution in [3.05, 3.63) is 29.8 Å². The second-order valence-electron chi connectivity index (χ2n) is 5.36. The minimum absolute atomic E-state index is 0.222. The number of benzene rings is 1. The lowest BCUT2D eigenvalue weighted by atomic mass is 9.89. The molecule has 4 nitrogen and oxygen atoms in total. The summed E-state index contributed by atoms with van der Waals surface area (Å²) in [7, 11) is 0. The van der Waals surface area contributed by atoms with Crippen molar-refractivity contribution in [2.45, 2.75) is 32.1 Å². The maximum atomic E-state index is 11.0. The summed E-state index contributed by atoms with van der Waals surface area (Å²) in [4.78, 5) is 11.0. The quantitative estimate of drug-likeness (QED) is 0.752. The van der Waals surface area contributed by atoms with Crippen LogP contribution in [0.3, 0.4) is 0 Å². The van der Waals surface area contributed by atoms with Gasteiger partial charge in [0.2, 0.25) is 0 Å². The van der Waals surface area contributed by atoms with E-state index in [2.05, 4.69) is 5.32 Å². The molecule has 0 spiro atoms. The Morgan fingerprint density at radius 3 is 2.75 bits per heavy atom. The fraction of sp³-hybridized carbons (Fsp3) is 0.562. The number of aromatic carboxylic acids is 1. The SMILES string of the molecule is O=C(O)c1ccccc1OCCNCC1CCCCC1. The summed E-state index contributed by atoms with van der Waals surface area (Å²) in [6.45, 7) is 2.30. The number of hydrogen-bond donors (Lipinski definition) is 2. The smallest absolute Gasteiger partial charge is 0.339 e. The van der Waals surface area contributed by atoms with Crippen LogP contribution in [0.2, 0.25) is 0 Å². The molecule has 110 valence electrons. The van der Waals surface area contributed by atoms with Crippen molar-refractivity contribution in [1.82, 2.24) is 5.32 Å². The normalized spacial score (nSPS) is 16.0. The summed E-state index contributed by atoms with van der Waals surface area (Å²) in [6, 6.07) is 6.76. The van der Waals surface area contributed by atoms with E-state index in [9.17, 15) is 4.79 Å². The number of hydrogen-bond acceptors (Lipinski definition) is 3. The van der Waals surface area contributed by atoms with Gasteiger partial charge in [-0.25, -0.2) is 4.79 Å². The van der Waals surface area contributed by atoms with Gasteiger partial charge in [-0.05, 0) is 37.4 Å². The second-order valence-corrected chi connectivity index (χ2v) is 5.36. The van der Waals surface area contributed by atoms with Crippen LogP contribution in [0.5, 0.6) is 5.75 Å². The van der Waals surface area contributed by atoms with Crippen LogP contribution in [-0.4, -0.2) is 30.8 Å². The number of rotatable bonds is 7. The van der Waals surface area contributed by atoms with E-state index in [4.69, 9.17) is 9.84 Å². The summed E-state index contributed by atoms with van der Waals surface area (Å²) >= 11 is 0. The van der Waals surface area contributed by atoms with Gasteiger partial charge in [-0.15, -0.1) is 0 Å². The number of carboxylic acids is 1. The molecule has 0 heterocycles. The summed E-state index contributed by atoms with van der Waals surface area (Å²) < 4.78 is 5.54. The van der Waals surface area contributed by atoms with Crippen molar-refractivity contribution < 1.29 is 14.6 Å². The van der Waals surface area contributed by atoms with Crippen LogP contribution in [-0.2, 0) is 0 Å². The number of ether oxygens (including phenoxy) is 1. The van der Waals surface area contributed by atoms with Crippen molar-refractivity contribution in [1.29, 1.82) is 0 Å². The van der Waals surface area contributed by atoms with Gasteiger partial charge in [-0.2, -0.15) is 0 Å². The molecule has 4 heteroatoms. The van der Waals surface area contributed by atoms with Crippen LogP contribution in [0.4, 0.5) is 0 Å². The van der Waals surface area contributed by atoms with Crippen LogP contribution < -0.4 is 10.1 Å². The largest absolute Gasteiger partial charge is 0.491 e. The number of nitrogens with one attached hydrogen (secondary N) is 1. The molecule has 2 N–H and O–H groups in total. The van der Waals surface area contributed by atoms with Crippen molar-refractivity contribution in [2.24, 2.45) is 5.92 Å². The van der Waals surface area contributed by atoms with E-state index in [1.54, 1.807) is 24.3 Å². The molecule has 2 rings (SSSR count). The molecule has 1 aromatic rings. The predicted molar refractivity (Wildman–Crippen MR) is 78.3 cm³/mol. The summed E-state index contributed by atoms with van der Waals surface area (Å²) in [6.07, 6.45) is 6.75. The Kier molecular flexibility index (Phi) is 5.87. The molecule has 0 unspecified atom stereocenters. The van der Waals surface area contributed by atoms with E-state index in [0.717, 1.165) is 19.0 Å². The van der Waals surface area contributed by atoms with Crippen LogP contribution >= 0.6 is 0 Å². The van der Waals surface area contributed by atoms with E-state index in [0.29, 0.717) is 12.4 Å². The maximum absolute atomic E-state index is 11.0. The van der Waals surface area contributed by atoms with Crippen molar-refractivity contribution >= 4 is 5.97 Å². The van der Waals surface area contributed by atoms with Gasteiger partial charge in [-0.1, -0.05) is 31.4 Å². The molecule has 0 amide bonds. The average molecular weight is 277 g/mol. The molecular formula is C16H23NO3. The Morgan fingerprint density at radius 2 is 2.00 bits per heavy atom. The molecule has 1 fully saturated rings. The monoisotopic (exact) mass is 277 g/mol. The Labute approximate surface area is 120 Å². The predicted octanol–water partition coefficient (Wildman–Crippen LogP) is 2.93. The van der Waals surface area contributed by atoms with E-state index in [-0.39, 0.29) is 5.56 Å². The highest BCUT2D eigenvalue weighted by Crippen LogP contribution is 2.22. The zero-order valence-corrected chi connectivity index (χ0v) is 11.8. The van der Waals surface area contributed by atoms with Gasteiger partial charge in [0, 0.05) is 6.54 Å². The molecule has 0 atom stereocenters. The lowest BCUT2D eigenvalue weighted by molar-refractivity contribution is 0.0692. The molecule has 1 aromatic carbocycles. The van der Waals surface area contributed by atoms with Crippen molar-refractivity contribution in [3.63, 3.8) is 0 Å². The first kappa shape index (κ1) is 14.9. The first-order chi connectivity index (χ1) is 9.77. The third kappa shape index (κ3) is 4.53. The van der Waals surface area contributed by atoms with Crippen LogP contribution in [0, 0.1) is 5.92 Å². The van der Waals surface area contributed by atoms with Crippen LogP contribution in [0.15, 0.2) is 24.3 Å². The number of carbonyl (C=O) groups is 1. The minimum atomic E-state index is -0.948. The third-order valence-electron chi connectivity index (χ3n) is 3.81. The highest BCUT2D eigenvalue weighted by Gasteiger charge is 2.13. The van der Waals surface area contributed by atoms with Crippen molar-refractivity contribution in [3.8, 4) is 5.75 Å². The van der Waals surface area contributed by atoms with Gasteiger partial charge < -0.3 is 15.2 Å². The second kappa shape index (κ2) is 7.90. The standard InChI is InChI=1S/C16H23NO3/c18-16(19)14-8-4-5-9-15(14)20-11-10-17-12-13-6-2-1-3-7-13/h4-5,8-9,13,17H,1-3,6-7,10-12H2,(H,18,19). The molecule has 0 radical (unpaired) electrons. The van der Waals surface area contributed by atoms with E-state index in [1.165, 1.54) is 32.1 Å². The van der Waals surface area contributed by atoms with Crippen LogP contribution in [0.25, 0.3) is 0 Å². The van der Waals surface area contributed by atoms with E-state index < -0.39 is 5.97 Å². The fourth-order valence-corrected chi connectivity index (χ4v) is 2.70. The Morgan fingerprint density at radius 1 is 1.25 bits per heavy atom. The van der Waals surface area contributed by atoms with E-state index in [1.807, 2.05) is 0 Å². The fourth-order valence-electron chi connectivity index (χ4n) is 2.70. The zero-order chi connectivity index (χ0) is 14.2. The molecule has 1 saturated carbocycles. The topological polar surface area (TPSA) is 58.6 Å². The van der Waals surface area contributed by atoms with Gasteiger partial charge in [0.15, 0.2) is 0 Å². The molecule has 0 saturated heterocycles. The number of para-hydroxylation sites is 1. The Hall–Kier alpha value is -1.55. The van der Waals surface area contributed by atoms with Gasteiger partial charge in [-0.3, -0.25) is 0 Å². The molecule has 1 aliphatic rings. The molecular weight excluding hydrogens is 254 g/mol. The highest BCUT2D eigenvalue weighted by atomic mass is 16.5.